The Labute approximate surface area is 167 Å². The van der Waals surface area contributed by atoms with Crippen LogP contribution in [0.5, 0.6) is 5.75 Å². The van der Waals surface area contributed by atoms with Crippen molar-refractivity contribution in [2.45, 2.75) is 6.92 Å². The smallest absolute Gasteiger partial charge is 0.257 e. The predicted octanol–water partition coefficient (Wildman–Crippen LogP) is 4.56. The molecule has 2 N–H and O–H groups in total. The number of amides is 2. The minimum absolute atomic E-state index is 0.267. The van der Waals surface area contributed by atoms with Gasteiger partial charge in [-0.25, -0.2) is 0 Å². The number of aromatic nitrogens is 1. The molecular weight excluding hydrogens is 378 g/mol. The quantitative estimate of drug-likeness (QED) is 0.663. The van der Waals surface area contributed by atoms with Crippen LogP contribution >= 0.6 is 11.6 Å². The Balaban J connectivity index is 1.75. The Morgan fingerprint density at radius 2 is 1.68 bits per heavy atom. The van der Waals surface area contributed by atoms with E-state index in [1.807, 2.05) is 6.92 Å². The van der Waals surface area contributed by atoms with Crippen molar-refractivity contribution < 1.29 is 14.3 Å². The SMILES string of the molecule is COc1cccc(NC(=O)c2cncc(C(=O)Nc3ccc(Cl)cc3C)c2)c1. The van der Waals surface area contributed by atoms with Gasteiger partial charge in [-0.15, -0.1) is 0 Å². The van der Waals surface area contributed by atoms with Crippen LogP contribution in [0.1, 0.15) is 26.3 Å². The molecule has 1 aromatic heterocycles. The fourth-order valence-electron chi connectivity index (χ4n) is 2.55. The lowest BCUT2D eigenvalue weighted by Gasteiger charge is -2.10. The summed E-state index contributed by atoms with van der Waals surface area (Å²) in [4.78, 5) is 29.0. The minimum Gasteiger partial charge on any atom is -0.497 e. The molecule has 0 spiro atoms. The molecule has 0 unspecified atom stereocenters. The molecule has 0 aliphatic heterocycles. The first-order valence-corrected chi connectivity index (χ1v) is 8.82. The molecule has 0 aliphatic carbocycles. The summed E-state index contributed by atoms with van der Waals surface area (Å²) in [7, 11) is 1.55. The Morgan fingerprint density at radius 3 is 2.36 bits per heavy atom. The van der Waals surface area contributed by atoms with E-state index in [9.17, 15) is 9.59 Å². The number of hydrogen-bond donors (Lipinski definition) is 2. The Hall–Kier alpha value is -3.38. The van der Waals surface area contributed by atoms with Gasteiger partial charge in [-0.05, 0) is 48.9 Å². The maximum atomic E-state index is 12.5. The molecule has 3 aromatic rings. The average molecular weight is 396 g/mol. The van der Waals surface area contributed by atoms with Crippen molar-refractivity contribution in [2.75, 3.05) is 17.7 Å². The van der Waals surface area contributed by atoms with Gasteiger partial charge in [-0.3, -0.25) is 14.6 Å². The molecule has 0 aliphatic rings. The molecule has 6 nitrogen and oxygen atoms in total. The highest BCUT2D eigenvalue weighted by Gasteiger charge is 2.13. The number of nitrogens with zero attached hydrogens (tertiary/aromatic N) is 1. The molecule has 1 heterocycles. The van der Waals surface area contributed by atoms with E-state index in [1.165, 1.54) is 18.5 Å². The topological polar surface area (TPSA) is 80.3 Å². The Morgan fingerprint density at radius 1 is 0.964 bits per heavy atom. The second kappa shape index (κ2) is 8.54. The molecule has 2 aromatic carbocycles. The molecule has 0 bridgehead atoms. The molecule has 28 heavy (non-hydrogen) atoms. The summed E-state index contributed by atoms with van der Waals surface area (Å²) in [5.74, 6) is -0.116. The lowest BCUT2D eigenvalue weighted by atomic mass is 10.1. The van der Waals surface area contributed by atoms with E-state index in [2.05, 4.69) is 15.6 Å². The molecular formula is C21H18ClN3O3. The number of nitrogens with one attached hydrogen (secondary N) is 2. The van der Waals surface area contributed by atoms with Gasteiger partial charge in [0.15, 0.2) is 0 Å². The molecule has 2 amide bonds. The molecule has 0 radical (unpaired) electrons. The number of halogens is 1. The highest BCUT2D eigenvalue weighted by atomic mass is 35.5. The number of carbonyl (C=O) groups is 2. The standard InChI is InChI=1S/C21H18ClN3O3/c1-13-8-16(22)6-7-19(13)25-21(27)15-9-14(11-23-12-15)20(26)24-17-4-3-5-18(10-17)28-2/h3-12H,1-2H3,(H,24,26)(H,25,27). The van der Waals surface area contributed by atoms with Crippen LogP contribution in [0.25, 0.3) is 0 Å². The van der Waals surface area contributed by atoms with Gasteiger partial charge in [0.2, 0.25) is 0 Å². The average Bonchev–Trinajstić information content (AvgIpc) is 2.70. The monoisotopic (exact) mass is 395 g/mol. The van der Waals surface area contributed by atoms with Crippen molar-refractivity contribution in [3.05, 3.63) is 82.6 Å². The third-order valence-corrected chi connectivity index (χ3v) is 4.26. The molecule has 0 saturated carbocycles. The van der Waals surface area contributed by atoms with Crippen molar-refractivity contribution in [3.8, 4) is 5.75 Å². The summed E-state index contributed by atoms with van der Waals surface area (Å²) in [5.41, 5.74) is 2.59. The summed E-state index contributed by atoms with van der Waals surface area (Å²) >= 11 is 5.94. The predicted molar refractivity (Wildman–Crippen MR) is 109 cm³/mol. The van der Waals surface area contributed by atoms with Crippen LogP contribution in [0.3, 0.4) is 0 Å². The number of ether oxygens (including phenoxy) is 1. The van der Waals surface area contributed by atoms with Crippen LogP contribution in [0.4, 0.5) is 11.4 Å². The first kappa shape index (κ1) is 19.4. The van der Waals surface area contributed by atoms with E-state index in [1.54, 1.807) is 49.6 Å². The summed E-state index contributed by atoms with van der Waals surface area (Å²) in [5, 5.41) is 6.15. The number of methoxy groups -OCH3 is 1. The van der Waals surface area contributed by atoms with E-state index in [-0.39, 0.29) is 22.9 Å². The normalized spacial score (nSPS) is 10.2. The number of anilines is 2. The van der Waals surface area contributed by atoms with Gasteiger partial charge in [-0.1, -0.05) is 17.7 Å². The number of hydrogen-bond acceptors (Lipinski definition) is 4. The molecule has 142 valence electrons. The van der Waals surface area contributed by atoms with Gasteiger partial charge < -0.3 is 15.4 Å². The largest absolute Gasteiger partial charge is 0.497 e. The summed E-state index contributed by atoms with van der Waals surface area (Å²) < 4.78 is 5.14. The van der Waals surface area contributed by atoms with Gasteiger partial charge >= 0.3 is 0 Å². The van der Waals surface area contributed by atoms with Crippen LogP contribution in [0.15, 0.2) is 60.9 Å². The molecule has 0 fully saturated rings. The number of pyridine rings is 1. The van der Waals surface area contributed by atoms with Crippen LogP contribution in [0, 0.1) is 6.92 Å². The van der Waals surface area contributed by atoms with E-state index < -0.39 is 0 Å². The number of aryl methyl sites for hydroxylation is 1. The molecule has 3 rings (SSSR count). The molecule has 0 saturated heterocycles. The zero-order valence-corrected chi connectivity index (χ0v) is 16.1. The number of benzene rings is 2. The van der Waals surface area contributed by atoms with E-state index in [4.69, 9.17) is 16.3 Å². The van der Waals surface area contributed by atoms with Gasteiger partial charge in [0.25, 0.3) is 11.8 Å². The summed E-state index contributed by atoms with van der Waals surface area (Å²) in [6, 6.07) is 13.7. The maximum absolute atomic E-state index is 12.5. The summed E-state index contributed by atoms with van der Waals surface area (Å²) in [6.07, 6.45) is 2.81. The fourth-order valence-corrected chi connectivity index (χ4v) is 2.78. The van der Waals surface area contributed by atoms with Gasteiger partial charge in [0.05, 0.1) is 18.2 Å². The number of rotatable bonds is 5. The zero-order valence-electron chi connectivity index (χ0n) is 15.3. The van der Waals surface area contributed by atoms with E-state index in [0.717, 1.165) is 5.56 Å². The number of carbonyl (C=O) groups excluding carboxylic acids is 2. The van der Waals surface area contributed by atoms with Gasteiger partial charge in [0.1, 0.15) is 5.75 Å². The third kappa shape index (κ3) is 4.66. The highest BCUT2D eigenvalue weighted by Crippen LogP contribution is 2.21. The first-order valence-electron chi connectivity index (χ1n) is 8.44. The van der Waals surface area contributed by atoms with Crippen LogP contribution < -0.4 is 15.4 Å². The lowest BCUT2D eigenvalue weighted by molar-refractivity contribution is 0.102. The van der Waals surface area contributed by atoms with Crippen molar-refractivity contribution >= 4 is 34.8 Å². The van der Waals surface area contributed by atoms with Gasteiger partial charge in [-0.2, -0.15) is 0 Å². The first-order chi connectivity index (χ1) is 13.5. The maximum Gasteiger partial charge on any atom is 0.257 e. The van der Waals surface area contributed by atoms with E-state index in [0.29, 0.717) is 22.1 Å². The van der Waals surface area contributed by atoms with E-state index >= 15 is 0 Å². The lowest BCUT2D eigenvalue weighted by Crippen LogP contribution is -2.16. The Kier molecular flexibility index (Phi) is 5.91. The van der Waals surface area contributed by atoms with Gasteiger partial charge in [0, 0.05) is 34.9 Å². The minimum atomic E-state index is -0.377. The molecule has 0 atom stereocenters. The second-order valence-corrected chi connectivity index (χ2v) is 6.50. The Bertz CT molecular complexity index is 1040. The third-order valence-electron chi connectivity index (χ3n) is 4.03. The summed E-state index contributed by atoms with van der Waals surface area (Å²) in [6.45, 7) is 1.84. The zero-order chi connectivity index (χ0) is 20.1. The van der Waals surface area contributed by atoms with Crippen molar-refractivity contribution in [1.29, 1.82) is 0 Å². The molecule has 7 heteroatoms. The van der Waals surface area contributed by atoms with Crippen LogP contribution in [0.2, 0.25) is 5.02 Å². The van der Waals surface area contributed by atoms with Crippen molar-refractivity contribution in [2.24, 2.45) is 0 Å². The highest BCUT2D eigenvalue weighted by molar-refractivity contribution is 6.30. The van der Waals surface area contributed by atoms with Crippen LogP contribution in [-0.2, 0) is 0 Å². The van der Waals surface area contributed by atoms with Crippen molar-refractivity contribution in [1.82, 2.24) is 4.98 Å². The second-order valence-electron chi connectivity index (χ2n) is 6.06. The fraction of sp³-hybridized carbons (Fsp3) is 0.0952. The van der Waals surface area contributed by atoms with Crippen molar-refractivity contribution in [3.63, 3.8) is 0 Å². The van der Waals surface area contributed by atoms with Crippen LogP contribution in [-0.4, -0.2) is 23.9 Å².